The Morgan fingerprint density at radius 2 is 1.60 bits per heavy atom. The molecule has 1 N–H and O–H groups in total. The number of aryl methyl sites for hydroxylation is 1. The Bertz CT molecular complexity index is 1050. The first-order chi connectivity index (χ1) is 14.4. The summed E-state index contributed by atoms with van der Waals surface area (Å²) in [4.78, 5) is 12.8. The molecule has 7 heteroatoms. The fourth-order valence-corrected chi connectivity index (χ4v) is 3.33. The highest BCUT2D eigenvalue weighted by Crippen LogP contribution is 2.32. The van der Waals surface area contributed by atoms with Gasteiger partial charge in [0.2, 0.25) is 0 Å². The average Bonchev–Trinajstić information content (AvgIpc) is 2.72. The lowest BCUT2D eigenvalue weighted by molar-refractivity contribution is 0.102. The lowest BCUT2D eigenvalue weighted by Crippen LogP contribution is -2.13. The van der Waals surface area contributed by atoms with Crippen molar-refractivity contribution in [2.45, 2.75) is 20.5 Å². The first kappa shape index (κ1) is 22.3. The number of anilines is 1. The van der Waals surface area contributed by atoms with Gasteiger partial charge in [-0.3, -0.25) is 4.79 Å². The van der Waals surface area contributed by atoms with Gasteiger partial charge in [-0.1, -0.05) is 52.5 Å². The van der Waals surface area contributed by atoms with Gasteiger partial charge in [-0.15, -0.1) is 0 Å². The number of benzene rings is 3. The summed E-state index contributed by atoms with van der Waals surface area (Å²) in [5.41, 5.74) is 2.72. The van der Waals surface area contributed by atoms with Gasteiger partial charge >= 0.3 is 0 Å². The highest BCUT2D eigenvalue weighted by atomic mass is 35.5. The van der Waals surface area contributed by atoms with Crippen LogP contribution in [0.4, 0.5) is 5.69 Å². The summed E-state index contributed by atoms with van der Waals surface area (Å²) in [5, 5.41) is 3.67. The molecule has 4 nitrogen and oxygen atoms in total. The van der Waals surface area contributed by atoms with Crippen LogP contribution in [-0.4, -0.2) is 12.5 Å². The molecule has 156 valence electrons. The van der Waals surface area contributed by atoms with Crippen LogP contribution >= 0.6 is 34.8 Å². The molecule has 0 spiro atoms. The molecule has 0 aliphatic carbocycles. The van der Waals surface area contributed by atoms with E-state index in [1.54, 1.807) is 18.2 Å². The lowest BCUT2D eigenvalue weighted by Gasteiger charge is -2.14. The van der Waals surface area contributed by atoms with E-state index in [2.05, 4.69) is 5.32 Å². The Labute approximate surface area is 190 Å². The van der Waals surface area contributed by atoms with Crippen molar-refractivity contribution in [2.24, 2.45) is 0 Å². The predicted molar refractivity (Wildman–Crippen MR) is 123 cm³/mol. The first-order valence-electron chi connectivity index (χ1n) is 9.28. The van der Waals surface area contributed by atoms with Crippen LogP contribution in [0.2, 0.25) is 15.1 Å². The monoisotopic (exact) mass is 463 g/mol. The highest BCUT2D eigenvalue weighted by Gasteiger charge is 2.14. The molecule has 0 heterocycles. The second kappa shape index (κ2) is 10.1. The number of amides is 1. The van der Waals surface area contributed by atoms with Crippen LogP contribution in [-0.2, 0) is 6.61 Å². The fourth-order valence-electron chi connectivity index (χ4n) is 2.74. The van der Waals surface area contributed by atoms with Crippen molar-refractivity contribution >= 4 is 46.4 Å². The Morgan fingerprint density at radius 1 is 0.900 bits per heavy atom. The van der Waals surface area contributed by atoms with E-state index < -0.39 is 0 Å². The van der Waals surface area contributed by atoms with Crippen LogP contribution in [0.5, 0.6) is 11.5 Å². The van der Waals surface area contributed by atoms with Gasteiger partial charge in [0.25, 0.3) is 5.91 Å². The summed E-state index contributed by atoms with van der Waals surface area (Å²) in [5.74, 6) is 1.06. The third kappa shape index (κ3) is 5.60. The molecule has 3 aromatic rings. The van der Waals surface area contributed by atoms with Gasteiger partial charge in [0, 0.05) is 11.1 Å². The van der Waals surface area contributed by atoms with Crippen molar-refractivity contribution in [3.8, 4) is 11.5 Å². The van der Waals surface area contributed by atoms with Crippen LogP contribution in [0.25, 0.3) is 0 Å². The van der Waals surface area contributed by atoms with E-state index in [4.69, 9.17) is 44.3 Å². The Hall–Kier alpha value is -2.40. The molecule has 0 radical (unpaired) electrons. The molecular formula is C23H20Cl3NO3. The normalized spacial score (nSPS) is 10.6. The maximum atomic E-state index is 12.8. The minimum Gasteiger partial charge on any atom is -0.493 e. The molecule has 0 atom stereocenters. The minimum atomic E-state index is -0.338. The summed E-state index contributed by atoms with van der Waals surface area (Å²) < 4.78 is 11.6. The van der Waals surface area contributed by atoms with Crippen molar-refractivity contribution in [1.82, 2.24) is 0 Å². The molecule has 3 aromatic carbocycles. The van der Waals surface area contributed by atoms with Gasteiger partial charge in [-0.25, -0.2) is 0 Å². The van der Waals surface area contributed by atoms with Crippen molar-refractivity contribution < 1.29 is 14.3 Å². The van der Waals surface area contributed by atoms with E-state index in [9.17, 15) is 4.79 Å². The van der Waals surface area contributed by atoms with Crippen LogP contribution in [0.1, 0.15) is 28.4 Å². The van der Waals surface area contributed by atoms with Crippen LogP contribution in [0.15, 0.2) is 54.6 Å². The molecule has 0 saturated heterocycles. The Kier molecular flexibility index (Phi) is 7.48. The van der Waals surface area contributed by atoms with E-state index in [0.717, 1.165) is 16.9 Å². The van der Waals surface area contributed by atoms with E-state index in [1.807, 2.05) is 38.1 Å². The summed E-state index contributed by atoms with van der Waals surface area (Å²) in [6.45, 7) is 4.67. The van der Waals surface area contributed by atoms with Gasteiger partial charge < -0.3 is 14.8 Å². The molecule has 0 aliphatic rings. The zero-order chi connectivity index (χ0) is 21.7. The van der Waals surface area contributed by atoms with Gasteiger partial charge in [-0.2, -0.15) is 0 Å². The second-order valence-electron chi connectivity index (χ2n) is 6.56. The maximum Gasteiger partial charge on any atom is 0.255 e. The number of halogens is 3. The van der Waals surface area contributed by atoms with Crippen molar-refractivity contribution in [3.05, 3.63) is 86.4 Å². The van der Waals surface area contributed by atoms with Crippen LogP contribution < -0.4 is 14.8 Å². The molecule has 0 aliphatic heterocycles. The topological polar surface area (TPSA) is 47.6 Å². The smallest absolute Gasteiger partial charge is 0.255 e. The summed E-state index contributed by atoms with van der Waals surface area (Å²) in [6, 6.07) is 15.9. The van der Waals surface area contributed by atoms with Crippen LogP contribution in [0.3, 0.4) is 0 Å². The quantitative estimate of drug-likeness (QED) is 0.377. The van der Waals surface area contributed by atoms with Gasteiger partial charge in [0.15, 0.2) is 0 Å². The van der Waals surface area contributed by atoms with Crippen LogP contribution in [0, 0.1) is 6.92 Å². The molecule has 0 saturated carbocycles. The van der Waals surface area contributed by atoms with Gasteiger partial charge in [0.1, 0.15) is 18.1 Å². The number of hydrogen-bond acceptors (Lipinski definition) is 3. The highest BCUT2D eigenvalue weighted by molar-refractivity contribution is 6.44. The fraction of sp³-hybridized carbons (Fsp3) is 0.174. The Balaban J connectivity index is 1.81. The van der Waals surface area contributed by atoms with E-state index in [0.29, 0.717) is 38.7 Å². The lowest BCUT2D eigenvalue weighted by atomic mass is 10.1. The molecule has 0 unspecified atom stereocenters. The number of carbonyl (C=O) groups excluding carboxylic acids is 1. The number of ether oxygens (including phenoxy) is 2. The number of hydrogen-bond donors (Lipinski definition) is 1. The summed E-state index contributed by atoms with van der Waals surface area (Å²) >= 11 is 18.1. The predicted octanol–water partition coefficient (Wildman–Crippen LogP) is 7.19. The number of rotatable bonds is 7. The first-order valence-corrected chi connectivity index (χ1v) is 10.4. The largest absolute Gasteiger partial charge is 0.493 e. The Morgan fingerprint density at radius 3 is 2.30 bits per heavy atom. The third-order valence-corrected chi connectivity index (χ3v) is 5.33. The average molecular weight is 465 g/mol. The zero-order valence-corrected chi connectivity index (χ0v) is 18.7. The summed E-state index contributed by atoms with van der Waals surface area (Å²) in [6.07, 6.45) is 0. The van der Waals surface area contributed by atoms with Crippen molar-refractivity contribution in [2.75, 3.05) is 11.9 Å². The number of carbonyl (C=O) groups is 1. The molecule has 0 fully saturated rings. The molecule has 3 rings (SSSR count). The van der Waals surface area contributed by atoms with E-state index in [1.165, 1.54) is 12.1 Å². The van der Waals surface area contributed by atoms with Gasteiger partial charge in [-0.05, 0) is 56.3 Å². The third-order valence-electron chi connectivity index (χ3n) is 4.30. The van der Waals surface area contributed by atoms with Gasteiger partial charge in [0.05, 0.1) is 27.4 Å². The molecule has 1 amide bonds. The van der Waals surface area contributed by atoms with E-state index >= 15 is 0 Å². The molecule has 30 heavy (non-hydrogen) atoms. The van der Waals surface area contributed by atoms with Crippen molar-refractivity contribution in [3.63, 3.8) is 0 Å². The molecule has 0 aromatic heterocycles. The standard InChI is InChI=1S/C23H20Cl3NO3/c1-3-29-22-9-6-15(10-16(22)13-30-17-7-4-14(2)5-8-17)23(28)27-21-12-19(25)18(24)11-20(21)26/h4-12H,3,13H2,1-2H3,(H,27,28). The van der Waals surface area contributed by atoms with E-state index in [-0.39, 0.29) is 12.5 Å². The zero-order valence-electron chi connectivity index (χ0n) is 16.5. The summed E-state index contributed by atoms with van der Waals surface area (Å²) in [7, 11) is 0. The van der Waals surface area contributed by atoms with Crippen molar-refractivity contribution in [1.29, 1.82) is 0 Å². The minimum absolute atomic E-state index is 0.257. The molecule has 0 bridgehead atoms. The SMILES string of the molecule is CCOc1ccc(C(=O)Nc2cc(Cl)c(Cl)cc2Cl)cc1COc1ccc(C)cc1. The second-order valence-corrected chi connectivity index (χ2v) is 7.78. The maximum absolute atomic E-state index is 12.8. The number of nitrogens with one attached hydrogen (secondary N) is 1. The molecular weight excluding hydrogens is 445 g/mol.